The predicted molar refractivity (Wildman–Crippen MR) is 43.7 cm³/mol. The first-order valence-electron chi connectivity index (χ1n) is 4.07. The minimum atomic E-state index is -4.85. The van der Waals surface area contributed by atoms with E-state index in [4.69, 9.17) is 5.11 Å². The van der Waals surface area contributed by atoms with E-state index in [0.29, 0.717) is 0 Å². The standard InChI is InChI=1S/C7H7F3N2O4/c1-3-6(12(14)15)4(16-11-3)2-5(13)7(8,9)10/h5,13H,2H2,1H3. The van der Waals surface area contributed by atoms with Gasteiger partial charge in [0.1, 0.15) is 0 Å². The molecule has 0 amide bonds. The van der Waals surface area contributed by atoms with Crippen molar-refractivity contribution in [3.05, 3.63) is 21.6 Å². The molecule has 0 spiro atoms. The highest BCUT2D eigenvalue weighted by Crippen LogP contribution is 2.28. The molecule has 0 aliphatic heterocycles. The second-order valence-electron chi connectivity index (χ2n) is 3.06. The summed E-state index contributed by atoms with van der Waals surface area (Å²) in [5, 5.41) is 22.4. The molecule has 1 N–H and O–H groups in total. The molecule has 1 aromatic heterocycles. The predicted octanol–water partition coefficient (Wildman–Crippen LogP) is 1.36. The molecule has 1 unspecified atom stereocenters. The molecule has 1 atom stereocenters. The third-order valence-electron chi connectivity index (χ3n) is 1.84. The van der Waals surface area contributed by atoms with Gasteiger partial charge >= 0.3 is 11.9 Å². The first-order valence-corrected chi connectivity index (χ1v) is 4.07. The maximum absolute atomic E-state index is 12.0. The van der Waals surface area contributed by atoms with Crippen LogP contribution in [0.4, 0.5) is 18.9 Å². The summed E-state index contributed by atoms with van der Waals surface area (Å²) in [7, 11) is 0. The molecule has 0 saturated heterocycles. The fourth-order valence-corrected chi connectivity index (χ4v) is 1.07. The molecule has 0 fully saturated rings. The lowest BCUT2D eigenvalue weighted by Crippen LogP contribution is -2.30. The fraction of sp³-hybridized carbons (Fsp3) is 0.571. The summed E-state index contributed by atoms with van der Waals surface area (Å²) in [6.45, 7) is 1.23. The normalized spacial score (nSPS) is 13.8. The second kappa shape index (κ2) is 4.08. The van der Waals surface area contributed by atoms with Crippen LogP contribution in [0.5, 0.6) is 0 Å². The van der Waals surface area contributed by atoms with Crippen molar-refractivity contribution in [1.29, 1.82) is 0 Å². The zero-order valence-electron chi connectivity index (χ0n) is 7.98. The van der Waals surface area contributed by atoms with E-state index in [1.807, 2.05) is 0 Å². The zero-order chi connectivity index (χ0) is 12.5. The summed E-state index contributed by atoms with van der Waals surface area (Å²) < 4.78 is 40.3. The molecular formula is C7H7F3N2O4. The summed E-state index contributed by atoms with van der Waals surface area (Å²) in [6, 6.07) is 0. The highest BCUT2D eigenvalue weighted by Gasteiger charge is 2.41. The Bertz CT molecular complexity index is 401. The van der Waals surface area contributed by atoms with Crippen molar-refractivity contribution in [3.8, 4) is 0 Å². The molecular weight excluding hydrogens is 233 g/mol. The van der Waals surface area contributed by atoms with Crippen LogP contribution in [-0.4, -0.2) is 27.5 Å². The van der Waals surface area contributed by atoms with Crippen molar-refractivity contribution >= 4 is 5.69 Å². The Morgan fingerprint density at radius 2 is 2.19 bits per heavy atom. The van der Waals surface area contributed by atoms with Gasteiger partial charge in [-0.3, -0.25) is 10.1 Å². The molecule has 9 heteroatoms. The summed E-state index contributed by atoms with van der Waals surface area (Å²) in [4.78, 5) is 9.58. The van der Waals surface area contributed by atoms with Crippen molar-refractivity contribution in [2.75, 3.05) is 0 Å². The number of aryl methyl sites for hydroxylation is 1. The van der Waals surface area contributed by atoms with E-state index in [9.17, 15) is 23.3 Å². The molecule has 1 heterocycles. The van der Waals surface area contributed by atoms with Gasteiger partial charge in [0, 0.05) is 0 Å². The highest BCUT2D eigenvalue weighted by atomic mass is 19.4. The largest absolute Gasteiger partial charge is 0.414 e. The van der Waals surface area contributed by atoms with Crippen LogP contribution in [0.15, 0.2) is 4.52 Å². The highest BCUT2D eigenvalue weighted by molar-refractivity contribution is 5.37. The molecule has 0 aliphatic carbocycles. The van der Waals surface area contributed by atoms with Crippen molar-refractivity contribution in [2.24, 2.45) is 0 Å². The maximum Gasteiger partial charge on any atom is 0.414 e. The van der Waals surface area contributed by atoms with Gasteiger partial charge in [-0.15, -0.1) is 0 Å². The van der Waals surface area contributed by atoms with Gasteiger partial charge in [-0.25, -0.2) is 0 Å². The Hall–Kier alpha value is -1.64. The van der Waals surface area contributed by atoms with Crippen molar-refractivity contribution in [2.45, 2.75) is 25.6 Å². The first kappa shape index (κ1) is 12.4. The molecule has 1 aromatic rings. The number of rotatable bonds is 3. The van der Waals surface area contributed by atoms with Gasteiger partial charge in [-0.1, -0.05) is 5.16 Å². The van der Waals surface area contributed by atoms with Crippen LogP contribution in [0.1, 0.15) is 11.5 Å². The molecule has 0 saturated carbocycles. The van der Waals surface area contributed by atoms with Crippen LogP contribution >= 0.6 is 0 Å². The maximum atomic E-state index is 12.0. The Morgan fingerprint density at radius 1 is 1.62 bits per heavy atom. The van der Waals surface area contributed by atoms with Gasteiger partial charge in [0.15, 0.2) is 11.8 Å². The average molecular weight is 240 g/mol. The lowest BCUT2D eigenvalue weighted by atomic mass is 10.1. The number of aliphatic hydroxyl groups excluding tert-OH is 1. The number of aliphatic hydroxyl groups is 1. The van der Waals surface area contributed by atoms with Gasteiger partial charge in [0.2, 0.25) is 5.76 Å². The fourth-order valence-electron chi connectivity index (χ4n) is 1.07. The van der Waals surface area contributed by atoms with E-state index < -0.39 is 35.1 Å². The van der Waals surface area contributed by atoms with E-state index in [2.05, 4.69) is 9.68 Å². The van der Waals surface area contributed by atoms with Crippen LogP contribution in [0.25, 0.3) is 0 Å². The Morgan fingerprint density at radius 3 is 2.62 bits per heavy atom. The Balaban J connectivity index is 2.94. The van der Waals surface area contributed by atoms with Crippen LogP contribution in [0.3, 0.4) is 0 Å². The monoisotopic (exact) mass is 240 g/mol. The molecule has 0 aromatic carbocycles. The third-order valence-corrected chi connectivity index (χ3v) is 1.84. The molecule has 0 bridgehead atoms. The summed E-state index contributed by atoms with van der Waals surface area (Å²) >= 11 is 0. The number of hydrogen-bond acceptors (Lipinski definition) is 5. The van der Waals surface area contributed by atoms with Gasteiger partial charge in [0.05, 0.1) is 11.3 Å². The lowest BCUT2D eigenvalue weighted by molar-refractivity contribution is -0.386. The lowest BCUT2D eigenvalue weighted by Gasteiger charge is -2.11. The molecule has 90 valence electrons. The van der Waals surface area contributed by atoms with E-state index in [1.165, 1.54) is 6.92 Å². The smallest absolute Gasteiger partial charge is 0.383 e. The van der Waals surface area contributed by atoms with Crippen LogP contribution < -0.4 is 0 Å². The molecule has 6 nitrogen and oxygen atoms in total. The summed E-state index contributed by atoms with van der Waals surface area (Å²) in [5.74, 6) is -0.590. The molecule has 1 rings (SSSR count). The van der Waals surface area contributed by atoms with Crippen LogP contribution in [0, 0.1) is 17.0 Å². The number of nitro groups is 1. The quantitative estimate of drug-likeness (QED) is 0.636. The molecule has 0 aliphatic rings. The van der Waals surface area contributed by atoms with E-state index >= 15 is 0 Å². The van der Waals surface area contributed by atoms with E-state index in [-0.39, 0.29) is 5.69 Å². The number of halogens is 3. The zero-order valence-corrected chi connectivity index (χ0v) is 7.98. The number of alkyl halides is 3. The Kier molecular flexibility index (Phi) is 3.17. The minimum Gasteiger partial charge on any atom is -0.383 e. The topological polar surface area (TPSA) is 89.4 Å². The van der Waals surface area contributed by atoms with Crippen molar-refractivity contribution in [3.63, 3.8) is 0 Å². The van der Waals surface area contributed by atoms with Crippen molar-refractivity contribution < 1.29 is 27.7 Å². The summed E-state index contributed by atoms with van der Waals surface area (Å²) in [5.41, 5.74) is -0.766. The van der Waals surface area contributed by atoms with Crippen LogP contribution in [0.2, 0.25) is 0 Å². The van der Waals surface area contributed by atoms with Gasteiger partial charge < -0.3 is 9.63 Å². The second-order valence-corrected chi connectivity index (χ2v) is 3.06. The number of hydrogen-bond donors (Lipinski definition) is 1. The minimum absolute atomic E-state index is 0.130. The van der Waals surface area contributed by atoms with E-state index in [1.54, 1.807) is 0 Å². The number of aromatic nitrogens is 1. The average Bonchev–Trinajstić information content (AvgIpc) is 2.45. The van der Waals surface area contributed by atoms with Gasteiger partial charge in [-0.2, -0.15) is 13.2 Å². The molecule has 16 heavy (non-hydrogen) atoms. The number of nitrogens with zero attached hydrogens (tertiary/aromatic N) is 2. The van der Waals surface area contributed by atoms with Crippen LogP contribution in [-0.2, 0) is 6.42 Å². The van der Waals surface area contributed by atoms with Gasteiger partial charge in [-0.05, 0) is 6.92 Å². The van der Waals surface area contributed by atoms with E-state index in [0.717, 1.165) is 0 Å². The SMILES string of the molecule is Cc1noc(CC(O)C(F)(F)F)c1[N+](=O)[O-]. The first-order chi connectivity index (χ1) is 7.23. The third kappa shape index (κ3) is 2.48. The van der Waals surface area contributed by atoms with Crippen molar-refractivity contribution in [1.82, 2.24) is 5.16 Å². The molecule has 0 radical (unpaired) electrons. The van der Waals surface area contributed by atoms with Gasteiger partial charge in [0.25, 0.3) is 0 Å². The summed E-state index contributed by atoms with van der Waals surface area (Å²) in [6.07, 6.45) is -8.59. The Labute approximate surface area is 86.8 Å².